The zero-order chi connectivity index (χ0) is 40.7. The van der Waals surface area contributed by atoms with Crippen LogP contribution in [0.5, 0.6) is 69.0 Å². The number of benzene rings is 10. The molecule has 0 N–H and O–H groups in total. The third-order valence-electron chi connectivity index (χ3n) is 14.2. The van der Waals surface area contributed by atoms with Crippen molar-refractivity contribution in [2.45, 2.75) is 0 Å². The molecule has 0 spiro atoms. The highest BCUT2D eigenvalue weighted by Crippen LogP contribution is 2.45. The molecule has 63 heavy (non-hydrogen) atoms. The second-order valence-corrected chi connectivity index (χ2v) is 17.3. The highest BCUT2D eigenvalue weighted by Gasteiger charge is 2.44. The van der Waals surface area contributed by atoms with Crippen LogP contribution in [-0.2, 0) is 0 Å². The van der Waals surface area contributed by atoms with E-state index in [1.54, 1.807) is 0 Å². The highest BCUT2D eigenvalue weighted by molar-refractivity contribution is 7.00. The van der Waals surface area contributed by atoms with Crippen molar-refractivity contribution >= 4 is 102 Å². The lowest BCUT2D eigenvalue weighted by molar-refractivity contribution is 0.464. The highest BCUT2D eigenvalue weighted by atomic mass is 16.5. The Morgan fingerprint density at radius 1 is 0.206 bits per heavy atom. The Labute approximate surface area is 361 Å². The fourth-order valence-electron chi connectivity index (χ4n) is 11.6. The van der Waals surface area contributed by atoms with Gasteiger partial charge in [0.2, 0.25) is 0 Å². The lowest BCUT2D eigenvalue weighted by Crippen LogP contribution is -2.57. The largest absolute Gasteiger partial charge is 0.458 e. The summed E-state index contributed by atoms with van der Waals surface area (Å²) in [5.74, 6) is 10.0. The molecule has 6 aliphatic heterocycles. The van der Waals surface area contributed by atoms with E-state index in [1.165, 1.54) is 0 Å². The van der Waals surface area contributed by atoms with Crippen LogP contribution in [0.4, 0.5) is 0 Å². The molecule has 0 saturated heterocycles. The van der Waals surface area contributed by atoms with Gasteiger partial charge in [-0.1, -0.05) is 91.0 Å². The van der Waals surface area contributed by atoms with Crippen molar-refractivity contribution < 1.29 is 28.4 Å². The van der Waals surface area contributed by atoms with Crippen molar-refractivity contribution in [3.8, 4) is 69.0 Å². The molecule has 0 fully saturated rings. The van der Waals surface area contributed by atoms with Gasteiger partial charge in [0.25, 0.3) is 20.1 Å². The van der Waals surface area contributed by atoms with Crippen LogP contribution in [0.3, 0.4) is 0 Å². The Balaban J connectivity index is 1.03. The molecule has 10 aromatic carbocycles. The van der Waals surface area contributed by atoms with E-state index < -0.39 is 0 Å². The van der Waals surface area contributed by atoms with Gasteiger partial charge >= 0.3 is 0 Å². The predicted octanol–water partition coefficient (Wildman–Crippen LogP) is 7.33. The van der Waals surface area contributed by atoms with Crippen molar-refractivity contribution in [2.24, 2.45) is 0 Å². The van der Waals surface area contributed by atoms with Crippen LogP contribution in [0.1, 0.15) is 0 Å². The first-order chi connectivity index (χ1) is 31.2. The van der Waals surface area contributed by atoms with E-state index >= 15 is 0 Å². The first kappa shape index (κ1) is 32.7. The quantitative estimate of drug-likeness (QED) is 0.118. The van der Waals surface area contributed by atoms with Crippen LogP contribution in [0.25, 0.3) is 32.3 Å². The van der Waals surface area contributed by atoms with Gasteiger partial charge in [-0.05, 0) is 138 Å². The first-order valence-electron chi connectivity index (χ1n) is 21.5. The molecule has 0 bridgehead atoms. The molecule has 0 aromatic heterocycles. The molecule has 6 nitrogen and oxygen atoms in total. The Kier molecular flexibility index (Phi) is 5.95. The van der Waals surface area contributed by atoms with Gasteiger partial charge in [-0.3, -0.25) is 0 Å². The van der Waals surface area contributed by atoms with E-state index in [1.807, 2.05) is 54.6 Å². The molecule has 0 saturated carbocycles. The van der Waals surface area contributed by atoms with Crippen LogP contribution in [0.15, 0.2) is 164 Å². The van der Waals surface area contributed by atoms with E-state index in [-0.39, 0.29) is 20.1 Å². The third-order valence-corrected chi connectivity index (χ3v) is 14.2. The second-order valence-electron chi connectivity index (χ2n) is 17.3. The summed E-state index contributed by atoms with van der Waals surface area (Å²) in [6.45, 7) is -0.239. The summed E-state index contributed by atoms with van der Waals surface area (Å²) in [6, 6.07) is 57.4. The summed E-state index contributed by atoms with van der Waals surface area (Å²) in [4.78, 5) is 0. The average molecular weight is 804 g/mol. The van der Waals surface area contributed by atoms with Crippen LogP contribution in [-0.4, -0.2) is 20.1 Å². The lowest BCUT2D eigenvalue weighted by atomic mass is 9.34. The van der Waals surface area contributed by atoms with Crippen LogP contribution in [0, 0.1) is 0 Å². The normalized spacial score (nSPS) is 14.4. The van der Waals surface area contributed by atoms with Gasteiger partial charge in [-0.15, -0.1) is 0 Å². The van der Waals surface area contributed by atoms with Crippen molar-refractivity contribution in [1.82, 2.24) is 0 Å². The third kappa shape index (κ3) is 4.17. The summed E-state index contributed by atoms with van der Waals surface area (Å²) >= 11 is 0. The molecule has 0 amide bonds. The predicted molar refractivity (Wildman–Crippen MR) is 252 cm³/mol. The molecule has 0 radical (unpaired) electrons. The van der Waals surface area contributed by atoms with Gasteiger partial charge in [0, 0.05) is 16.4 Å². The Hall–Kier alpha value is -8.03. The Morgan fingerprint density at radius 3 is 0.746 bits per heavy atom. The van der Waals surface area contributed by atoms with Gasteiger partial charge in [-0.25, -0.2) is 0 Å². The number of rotatable bonds is 0. The molecule has 10 aromatic rings. The SMILES string of the molecule is c1ccc2c(c1)Oc1cccc3c1B2c1cc2c(cc1O3)c1cc3c(cc1c1cc4c(cc21)Oc1cccc2c1B4c1ccccc1O2)B1c2ccccc2Oc2cccc(c21)O3. The molecule has 9 heteroatoms. The fraction of sp³-hybridized carbons (Fsp3) is 0. The van der Waals surface area contributed by atoms with Crippen LogP contribution < -0.4 is 77.6 Å². The van der Waals surface area contributed by atoms with Gasteiger partial charge in [0.1, 0.15) is 69.0 Å². The van der Waals surface area contributed by atoms with Crippen molar-refractivity contribution in [3.63, 3.8) is 0 Å². The zero-order valence-electron chi connectivity index (χ0n) is 33.3. The van der Waals surface area contributed by atoms with E-state index in [0.29, 0.717) is 0 Å². The van der Waals surface area contributed by atoms with E-state index in [2.05, 4.69) is 109 Å². The molecule has 16 rings (SSSR count). The number of ether oxygens (including phenoxy) is 6. The molecule has 0 unspecified atom stereocenters. The Bertz CT molecular complexity index is 3810. The van der Waals surface area contributed by atoms with E-state index in [9.17, 15) is 0 Å². The van der Waals surface area contributed by atoms with Crippen molar-refractivity contribution in [2.75, 3.05) is 0 Å². The molecule has 0 aliphatic carbocycles. The maximum absolute atomic E-state index is 6.95. The number of hydrogen-bond donors (Lipinski definition) is 0. The lowest BCUT2D eigenvalue weighted by Gasteiger charge is -2.34. The topological polar surface area (TPSA) is 55.4 Å². The summed E-state index contributed by atoms with van der Waals surface area (Å²) < 4.78 is 40.3. The molecule has 288 valence electrons. The van der Waals surface area contributed by atoms with Gasteiger partial charge in [-0.2, -0.15) is 0 Å². The zero-order valence-corrected chi connectivity index (χ0v) is 33.3. The van der Waals surface area contributed by atoms with Gasteiger partial charge in [0.05, 0.1) is 0 Å². The minimum absolute atomic E-state index is 0.0795. The first-order valence-corrected chi connectivity index (χ1v) is 21.5. The number of hydrogen-bond acceptors (Lipinski definition) is 6. The van der Waals surface area contributed by atoms with Crippen molar-refractivity contribution in [1.29, 1.82) is 0 Å². The van der Waals surface area contributed by atoms with E-state index in [4.69, 9.17) is 28.4 Å². The molecular weight excluding hydrogens is 777 g/mol. The van der Waals surface area contributed by atoms with Crippen LogP contribution in [0.2, 0.25) is 0 Å². The second kappa shape index (κ2) is 11.5. The standard InChI is InChI=1S/C54H27B3O6/c1-4-13-40-34(10-1)55-37-22-28-29-23-38-50(62-47-20-8-17-44-53(47)56(38)35-11-2-5-14-41(35)59-44)26-32(29)33-27-51-39(24-30(33)31(28)25-49(37)61-46-19-7-16-43(58-40)52(46)55)57-36-12-3-6-15-42(36)60-45-18-9-21-48(63-51)54(45)57/h1-27H. The molecule has 0 atom stereocenters. The summed E-state index contributed by atoms with van der Waals surface area (Å²) in [7, 11) is 0. The Morgan fingerprint density at radius 2 is 0.444 bits per heavy atom. The van der Waals surface area contributed by atoms with Crippen molar-refractivity contribution in [3.05, 3.63) is 164 Å². The average Bonchev–Trinajstić information content (AvgIpc) is 3.32. The summed E-state index contributed by atoms with van der Waals surface area (Å²) in [5.41, 5.74) is 9.84. The summed E-state index contributed by atoms with van der Waals surface area (Å²) in [6.07, 6.45) is 0. The fourth-order valence-corrected chi connectivity index (χ4v) is 11.6. The molecule has 6 heterocycles. The van der Waals surface area contributed by atoms with Crippen LogP contribution >= 0.6 is 0 Å². The van der Waals surface area contributed by atoms with Gasteiger partial charge in [0.15, 0.2) is 0 Å². The molecular formula is C54H27B3O6. The summed E-state index contributed by atoms with van der Waals surface area (Å²) in [5, 5.41) is 6.63. The maximum atomic E-state index is 6.95. The monoisotopic (exact) mass is 804 g/mol. The molecule has 6 aliphatic rings. The van der Waals surface area contributed by atoms with Gasteiger partial charge < -0.3 is 28.4 Å². The smallest absolute Gasteiger partial charge is 0.260 e. The minimum Gasteiger partial charge on any atom is -0.458 e. The number of fused-ring (bicyclic) bond motifs is 18. The van der Waals surface area contributed by atoms with E-state index in [0.717, 1.165) is 150 Å². The maximum Gasteiger partial charge on any atom is 0.260 e. The minimum atomic E-state index is -0.0802. The number of para-hydroxylation sites is 3.